The Hall–Kier alpha value is -2.11. The summed E-state index contributed by atoms with van der Waals surface area (Å²) < 4.78 is 32.5. The number of ether oxygens (including phenoxy) is 2. The van der Waals surface area contributed by atoms with Crippen molar-refractivity contribution >= 4 is 19.8 Å². The third-order valence-electron chi connectivity index (χ3n) is 9.06. The van der Waals surface area contributed by atoms with Crippen molar-refractivity contribution in [1.82, 2.24) is 0 Å². The van der Waals surface area contributed by atoms with Crippen LogP contribution in [0, 0.1) is 0 Å². The van der Waals surface area contributed by atoms with Crippen molar-refractivity contribution in [1.29, 1.82) is 0 Å². The summed E-state index contributed by atoms with van der Waals surface area (Å²) in [6.07, 6.45) is 38.2. The van der Waals surface area contributed by atoms with Gasteiger partial charge in [0.15, 0.2) is 6.10 Å². The number of carbonyl (C=O) groups excluding carboxylic acids is 2. The summed E-state index contributed by atoms with van der Waals surface area (Å²) >= 11 is 0. The lowest BCUT2D eigenvalue weighted by atomic mass is 10.1. The van der Waals surface area contributed by atoms with Gasteiger partial charge >= 0.3 is 19.8 Å². The number of aliphatic hydroxyl groups excluding tert-OH is 3. The van der Waals surface area contributed by atoms with Gasteiger partial charge in [-0.05, 0) is 64.2 Å². The van der Waals surface area contributed by atoms with Gasteiger partial charge in [-0.25, -0.2) is 4.57 Å². The van der Waals surface area contributed by atoms with E-state index in [9.17, 15) is 29.3 Å². The molecule has 2 unspecified atom stereocenters. The van der Waals surface area contributed by atoms with E-state index in [1.807, 2.05) is 12.2 Å². The Morgan fingerprint density at radius 2 is 1.12 bits per heavy atom. The third kappa shape index (κ3) is 38.7. The van der Waals surface area contributed by atoms with Crippen molar-refractivity contribution in [2.45, 2.75) is 193 Å². The Morgan fingerprint density at radius 1 is 0.607 bits per heavy atom. The number of aliphatic hydroxyl groups is 3. The topological polar surface area (TPSA) is 169 Å². The van der Waals surface area contributed by atoms with Crippen LogP contribution in [0.4, 0.5) is 0 Å². The van der Waals surface area contributed by atoms with Crippen molar-refractivity contribution in [3.8, 4) is 0 Å². The Balaban J connectivity index is 4.51. The molecule has 12 heteroatoms. The Labute approximate surface area is 339 Å². The van der Waals surface area contributed by atoms with Gasteiger partial charge in [0, 0.05) is 12.8 Å². The third-order valence-corrected chi connectivity index (χ3v) is 10.0. The van der Waals surface area contributed by atoms with Crippen LogP contribution in [0.2, 0.25) is 0 Å². The smallest absolute Gasteiger partial charge is 0.462 e. The zero-order valence-corrected chi connectivity index (χ0v) is 35.8. The van der Waals surface area contributed by atoms with E-state index in [0.717, 1.165) is 51.4 Å². The molecule has 0 bridgehead atoms. The van der Waals surface area contributed by atoms with Crippen molar-refractivity contribution < 1.29 is 52.9 Å². The van der Waals surface area contributed by atoms with E-state index in [2.05, 4.69) is 42.7 Å². The minimum Gasteiger partial charge on any atom is -0.462 e. The molecule has 0 aromatic rings. The van der Waals surface area contributed by atoms with Crippen molar-refractivity contribution in [3.05, 3.63) is 48.6 Å². The number of esters is 2. The van der Waals surface area contributed by atoms with Crippen LogP contribution < -0.4 is 0 Å². The molecule has 0 rings (SSSR count). The fourth-order valence-corrected chi connectivity index (χ4v) is 6.43. The first kappa shape index (κ1) is 53.9. The summed E-state index contributed by atoms with van der Waals surface area (Å²) in [4.78, 5) is 35.0. The molecule has 0 aliphatic carbocycles. The molecule has 0 saturated carbocycles. The van der Waals surface area contributed by atoms with Crippen LogP contribution in [0.1, 0.15) is 174 Å². The summed E-state index contributed by atoms with van der Waals surface area (Å²) in [5.74, 6) is -1.13. The second-order valence-electron chi connectivity index (χ2n) is 14.6. The maximum atomic E-state index is 12.6. The van der Waals surface area contributed by atoms with Gasteiger partial charge in [0.2, 0.25) is 0 Å². The first-order valence-corrected chi connectivity index (χ1v) is 23.2. The highest BCUT2D eigenvalue weighted by atomic mass is 31.2. The average molecular weight is 815 g/mol. The van der Waals surface area contributed by atoms with Crippen molar-refractivity contribution in [2.75, 3.05) is 26.4 Å². The molecule has 0 radical (unpaired) electrons. The molecule has 56 heavy (non-hydrogen) atoms. The summed E-state index contributed by atoms with van der Waals surface area (Å²) in [5.41, 5.74) is 0. The number of rotatable bonds is 40. The maximum absolute atomic E-state index is 12.6. The van der Waals surface area contributed by atoms with Gasteiger partial charge in [-0.1, -0.05) is 146 Å². The van der Waals surface area contributed by atoms with Crippen LogP contribution >= 0.6 is 7.82 Å². The molecule has 0 aromatic carbocycles. The first-order valence-electron chi connectivity index (χ1n) is 21.7. The van der Waals surface area contributed by atoms with Gasteiger partial charge in [-0.15, -0.1) is 0 Å². The second kappa shape index (κ2) is 39.7. The highest BCUT2D eigenvalue weighted by Gasteiger charge is 2.27. The van der Waals surface area contributed by atoms with Crippen LogP contribution in [0.25, 0.3) is 0 Å². The predicted octanol–water partition coefficient (Wildman–Crippen LogP) is 10.3. The summed E-state index contributed by atoms with van der Waals surface area (Å²) in [7, 11) is -4.67. The first-order chi connectivity index (χ1) is 27.1. The minimum atomic E-state index is -4.67. The van der Waals surface area contributed by atoms with Gasteiger partial charge in [-0.2, -0.15) is 0 Å². The Kier molecular flexibility index (Phi) is 38.2. The molecular formula is C44H79O11P. The fraction of sp³-hybridized carbons (Fsp3) is 0.773. The largest absolute Gasteiger partial charge is 0.472 e. The average Bonchev–Trinajstić information content (AvgIpc) is 3.18. The maximum Gasteiger partial charge on any atom is 0.472 e. The number of unbranched alkanes of at least 4 members (excludes halogenated alkanes) is 17. The fourth-order valence-electron chi connectivity index (χ4n) is 5.64. The van der Waals surface area contributed by atoms with E-state index in [-0.39, 0.29) is 19.4 Å². The molecular weight excluding hydrogens is 735 g/mol. The molecule has 0 aliphatic heterocycles. The van der Waals surface area contributed by atoms with Gasteiger partial charge in [0.25, 0.3) is 0 Å². The normalized spacial score (nSPS) is 14.9. The molecule has 0 spiro atoms. The zero-order valence-electron chi connectivity index (χ0n) is 35.0. The van der Waals surface area contributed by atoms with Crippen molar-refractivity contribution in [2.24, 2.45) is 0 Å². The van der Waals surface area contributed by atoms with E-state index < -0.39 is 57.9 Å². The monoisotopic (exact) mass is 815 g/mol. The summed E-state index contributed by atoms with van der Waals surface area (Å²) in [6.45, 7) is 2.14. The van der Waals surface area contributed by atoms with E-state index in [1.165, 1.54) is 77.0 Å². The van der Waals surface area contributed by atoms with Crippen LogP contribution in [0.15, 0.2) is 48.6 Å². The molecule has 0 heterocycles. The SMILES string of the molecule is CCCCCCCC/C=C\CCCCCCCC(=O)OC[C@H](COP(=O)(O)OC[C@@H](O)CO)OC(=O)CCCC(O)/C=C/C=C/C/C=C/CCCCCCCC. The van der Waals surface area contributed by atoms with Crippen LogP contribution in [0.3, 0.4) is 0 Å². The number of allylic oxidation sites excluding steroid dienone is 7. The van der Waals surface area contributed by atoms with Crippen LogP contribution in [-0.4, -0.2) is 76.9 Å². The lowest BCUT2D eigenvalue weighted by molar-refractivity contribution is -0.161. The molecule has 0 amide bonds. The van der Waals surface area contributed by atoms with E-state index in [0.29, 0.717) is 19.3 Å². The molecule has 4 N–H and O–H groups in total. The Morgan fingerprint density at radius 3 is 1.71 bits per heavy atom. The number of hydrogen-bond donors (Lipinski definition) is 4. The van der Waals surface area contributed by atoms with Gasteiger partial charge in [-0.3, -0.25) is 18.6 Å². The lowest BCUT2D eigenvalue weighted by Gasteiger charge is -2.20. The molecule has 326 valence electrons. The highest BCUT2D eigenvalue weighted by molar-refractivity contribution is 7.47. The van der Waals surface area contributed by atoms with Crippen molar-refractivity contribution in [3.63, 3.8) is 0 Å². The minimum absolute atomic E-state index is 0.0422. The highest BCUT2D eigenvalue weighted by Crippen LogP contribution is 2.43. The molecule has 0 saturated heterocycles. The molecule has 4 atom stereocenters. The predicted molar refractivity (Wildman–Crippen MR) is 225 cm³/mol. The molecule has 11 nitrogen and oxygen atoms in total. The number of carbonyl (C=O) groups is 2. The molecule has 0 fully saturated rings. The lowest BCUT2D eigenvalue weighted by Crippen LogP contribution is -2.30. The van der Waals surface area contributed by atoms with E-state index in [4.69, 9.17) is 19.1 Å². The van der Waals surface area contributed by atoms with Crippen LogP contribution in [0.5, 0.6) is 0 Å². The van der Waals surface area contributed by atoms with Gasteiger partial charge in [0.05, 0.1) is 25.9 Å². The second-order valence-corrected chi connectivity index (χ2v) is 16.0. The number of phosphoric ester groups is 1. The number of hydrogen-bond acceptors (Lipinski definition) is 10. The number of phosphoric acid groups is 1. The standard InChI is InChI=1S/C44H79O11P/c1-3-5-7-9-11-13-15-17-18-20-22-24-26-28-30-34-43(48)52-38-42(39-54-56(50,51)53-37-41(47)36-45)55-44(49)35-31-33-40(46)32-29-27-25-23-21-19-16-14-12-10-8-6-4-2/h17-19,21,25,27,29,32,40-42,45-47H,3-16,20,22-24,26,28,30-31,33-39H2,1-2H3,(H,50,51)/b18-17-,21-19+,27-25+,32-29+/t40?,41-,42+/m0/s1. The molecule has 0 aromatic heterocycles. The van der Waals surface area contributed by atoms with E-state index >= 15 is 0 Å². The quantitative estimate of drug-likeness (QED) is 0.0153. The van der Waals surface area contributed by atoms with Crippen LogP contribution in [-0.2, 0) is 32.7 Å². The Bertz CT molecular complexity index is 1090. The summed E-state index contributed by atoms with van der Waals surface area (Å²) in [5, 5.41) is 28.6. The van der Waals surface area contributed by atoms with E-state index in [1.54, 1.807) is 12.2 Å². The van der Waals surface area contributed by atoms with Gasteiger partial charge in [0.1, 0.15) is 12.7 Å². The zero-order chi connectivity index (χ0) is 41.4. The summed E-state index contributed by atoms with van der Waals surface area (Å²) in [6, 6.07) is 0. The van der Waals surface area contributed by atoms with Gasteiger partial charge < -0.3 is 29.7 Å². The molecule has 0 aliphatic rings.